The average Bonchev–Trinajstić information content (AvgIpc) is 4.18. The molecule has 0 radical (unpaired) electrons. The molecule has 0 unspecified atom stereocenters. The number of para-hydroxylation sites is 2. The maximum absolute atomic E-state index is 5.06. The SMILES string of the molecule is c1ccc(-c2nc(-c3ccccc3)nc(-c3ccc4sc5ccc(-n6c7ccccc7c7cc(-c8ccc9c(c8)c8ccccc8n9-c8ccc9sc%10ccccc%10c9c8)ccc76)cc5c4c3)n2)cc1. The minimum Gasteiger partial charge on any atom is -0.309 e. The quantitative estimate of drug-likeness (QED) is 0.167. The van der Waals surface area contributed by atoms with Crippen molar-refractivity contribution in [2.24, 2.45) is 0 Å². The van der Waals surface area contributed by atoms with Gasteiger partial charge < -0.3 is 9.13 Å². The molecule has 0 atom stereocenters. The molecule has 15 aromatic rings. The third-order valence-electron chi connectivity index (χ3n) is 14.0. The van der Waals surface area contributed by atoms with Crippen molar-refractivity contribution in [2.75, 3.05) is 0 Å². The molecule has 0 bridgehead atoms. The van der Waals surface area contributed by atoms with Gasteiger partial charge in [0.05, 0.1) is 22.1 Å². The summed E-state index contributed by atoms with van der Waals surface area (Å²) in [4.78, 5) is 15.1. The van der Waals surface area contributed by atoms with Crippen molar-refractivity contribution >= 4 is 107 Å². The zero-order chi connectivity index (χ0) is 45.9. The molecule has 0 aliphatic carbocycles. The molecule has 5 nitrogen and oxygen atoms in total. The fourth-order valence-corrected chi connectivity index (χ4v) is 12.8. The Bertz CT molecular complexity index is 4540. The third kappa shape index (κ3) is 6.12. The lowest BCUT2D eigenvalue weighted by Crippen LogP contribution is -2.00. The molecule has 0 aliphatic heterocycles. The van der Waals surface area contributed by atoms with Crippen LogP contribution in [0.2, 0.25) is 0 Å². The van der Waals surface area contributed by atoms with Crippen LogP contribution in [0.25, 0.3) is 141 Å². The molecule has 0 fully saturated rings. The molecule has 15 rings (SSSR count). The first-order valence-corrected chi connectivity index (χ1v) is 25.1. The van der Waals surface area contributed by atoms with E-state index in [1.165, 1.54) is 101 Å². The van der Waals surface area contributed by atoms with Gasteiger partial charge in [-0.2, -0.15) is 0 Å². The molecule has 0 N–H and O–H groups in total. The minimum atomic E-state index is 0.651. The van der Waals surface area contributed by atoms with E-state index in [0.29, 0.717) is 17.5 Å². The normalized spacial score (nSPS) is 12.0. The van der Waals surface area contributed by atoms with Gasteiger partial charge in [-0.15, -0.1) is 22.7 Å². The maximum atomic E-state index is 5.06. The van der Waals surface area contributed by atoms with Crippen LogP contribution in [0.5, 0.6) is 0 Å². The van der Waals surface area contributed by atoms with Crippen LogP contribution in [0, 0.1) is 0 Å². The van der Waals surface area contributed by atoms with E-state index in [4.69, 9.17) is 15.0 Å². The summed E-state index contributed by atoms with van der Waals surface area (Å²) < 4.78 is 9.95. The largest absolute Gasteiger partial charge is 0.309 e. The first kappa shape index (κ1) is 39.3. The summed E-state index contributed by atoms with van der Waals surface area (Å²) in [5.74, 6) is 1.96. The van der Waals surface area contributed by atoms with E-state index >= 15 is 0 Å². The second-order valence-electron chi connectivity index (χ2n) is 18.0. The summed E-state index contributed by atoms with van der Waals surface area (Å²) in [5.41, 5.74) is 12.3. The van der Waals surface area contributed by atoms with Gasteiger partial charge in [0.2, 0.25) is 0 Å². The molecule has 0 saturated heterocycles. The Kier molecular flexibility index (Phi) is 8.63. The van der Waals surface area contributed by atoms with Crippen molar-refractivity contribution in [3.05, 3.63) is 224 Å². The Morgan fingerprint density at radius 1 is 0.243 bits per heavy atom. The van der Waals surface area contributed by atoms with Crippen molar-refractivity contribution in [1.82, 2.24) is 24.1 Å². The lowest BCUT2D eigenvalue weighted by atomic mass is 10.0. The van der Waals surface area contributed by atoms with Gasteiger partial charge in [-0.25, -0.2) is 15.0 Å². The molecule has 5 heterocycles. The second kappa shape index (κ2) is 15.4. The van der Waals surface area contributed by atoms with Gasteiger partial charge in [-0.05, 0) is 108 Å². The maximum Gasteiger partial charge on any atom is 0.164 e. The molecule has 326 valence electrons. The highest BCUT2D eigenvalue weighted by atomic mass is 32.1. The molecule has 7 heteroatoms. The van der Waals surface area contributed by atoms with Crippen molar-refractivity contribution in [3.63, 3.8) is 0 Å². The van der Waals surface area contributed by atoms with E-state index in [1.54, 1.807) is 0 Å². The van der Waals surface area contributed by atoms with Gasteiger partial charge in [0.15, 0.2) is 17.5 Å². The fraction of sp³-hybridized carbons (Fsp3) is 0. The Morgan fingerprint density at radius 3 is 1.16 bits per heavy atom. The predicted molar refractivity (Wildman–Crippen MR) is 296 cm³/mol. The number of hydrogen-bond acceptors (Lipinski definition) is 5. The summed E-state index contributed by atoms with van der Waals surface area (Å²) in [6.07, 6.45) is 0. The van der Waals surface area contributed by atoms with Gasteiger partial charge in [-0.3, -0.25) is 0 Å². The van der Waals surface area contributed by atoms with Crippen molar-refractivity contribution < 1.29 is 0 Å². The van der Waals surface area contributed by atoms with Crippen LogP contribution in [-0.2, 0) is 0 Å². The lowest BCUT2D eigenvalue weighted by Gasteiger charge is -2.10. The minimum absolute atomic E-state index is 0.651. The van der Waals surface area contributed by atoms with Crippen LogP contribution < -0.4 is 0 Å². The van der Waals surface area contributed by atoms with Gasteiger partial charge in [0, 0.05) is 90.0 Å². The molecular formula is C63H37N5S2. The Labute approximate surface area is 409 Å². The number of nitrogens with zero attached hydrogens (tertiary/aromatic N) is 5. The lowest BCUT2D eigenvalue weighted by molar-refractivity contribution is 1.07. The topological polar surface area (TPSA) is 48.5 Å². The van der Waals surface area contributed by atoms with Crippen molar-refractivity contribution in [2.45, 2.75) is 0 Å². The van der Waals surface area contributed by atoms with Gasteiger partial charge in [0.25, 0.3) is 0 Å². The van der Waals surface area contributed by atoms with Gasteiger partial charge in [-0.1, -0.05) is 127 Å². The monoisotopic (exact) mass is 927 g/mol. The summed E-state index contributed by atoms with van der Waals surface area (Å²) in [6.45, 7) is 0. The van der Waals surface area contributed by atoms with Crippen molar-refractivity contribution in [1.29, 1.82) is 0 Å². The number of thiophene rings is 2. The highest BCUT2D eigenvalue weighted by Gasteiger charge is 2.19. The number of fused-ring (bicyclic) bond motifs is 12. The van der Waals surface area contributed by atoms with Crippen LogP contribution in [0.1, 0.15) is 0 Å². The summed E-state index contributed by atoms with van der Waals surface area (Å²) >= 11 is 3.68. The summed E-state index contributed by atoms with van der Waals surface area (Å²) in [7, 11) is 0. The van der Waals surface area contributed by atoms with E-state index in [-0.39, 0.29) is 0 Å². The standard InChI is InChI=1S/C63H37N5S2/c1-3-13-38(14-4-1)61-64-62(39-15-5-2-6-16-39)66-63(65-61)42-25-30-58-50(35-42)52-37-44(27-32-60(52)70-58)68-54-21-11-8-18-46(54)49-34-41(24-29-56(49)68)40-23-28-55-48(33-40)45-17-7-10-20-53(45)67(55)43-26-31-59-51(36-43)47-19-9-12-22-57(47)69-59/h1-37H. The molecule has 0 spiro atoms. The molecule has 0 saturated carbocycles. The first-order valence-electron chi connectivity index (χ1n) is 23.5. The molecule has 5 aromatic heterocycles. The third-order valence-corrected chi connectivity index (χ3v) is 16.3. The zero-order valence-electron chi connectivity index (χ0n) is 37.4. The smallest absolute Gasteiger partial charge is 0.164 e. The fourth-order valence-electron chi connectivity index (χ4n) is 10.7. The average molecular weight is 928 g/mol. The van der Waals surface area contributed by atoms with E-state index in [2.05, 4.69) is 197 Å². The summed E-state index contributed by atoms with van der Waals surface area (Å²) in [5, 5.41) is 9.95. The Balaban J connectivity index is 0.844. The van der Waals surface area contributed by atoms with E-state index < -0.39 is 0 Å². The van der Waals surface area contributed by atoms with Gasteiger partial charge in [0.1, 0.15) is 0 Å². The van der Waals surface area contributed by atoms with E-state index in [0.717, 1.165) is 22.4 Å². The van der Waals surface area contributed by atoms with Crippen LogP contribution in [0.4, 0.5) is 0 Å². The highest BCUT2D eigenvalue weighted by molar-refractivity contribution is 7.26. The Hall–Kier alpha value is -8.75. The van der Waals surface area contributed by atoms with Crippen LogP contribution in [-0.4, -0.2) is 24.1 Å². The molecule has 0 amide bonds. The van der Waals surface area contributed by atoms with E-state index in [9.17, 15) is 0 Å². The first-order chi connectivity index (χ1) is 34.7. The van der Waals surface area contributed by atoms with Crippen molar-refractivity contribution in [3.8, 4) is 56.7 Å². The van der Waals surface area contributed by atoms with Crippen LogP contribution in [0.15, 0.2) is 224 Å². The molecule has 10 aromatic carbocycles. The summed E-state index contributed by atoms with van der Waals surface area (Å²) in [6, 6.07) is 81.1. The Morgan fingerprint density at radius 2 is 0.614 bits per heavy atom. The number of aromatic nitrogens is 5. The van der Waals surface area contributed by atoms with Crippen LogP contribution in [0.3, 0.4) is 0 Å². The second-order valence-corrected chi connectivity index (χ2v) is 20.1. The van der Waals surface area contributed by atoms with Gasteiger partial charge >= 0.3 is 0 Å². The molecular weight excluding hydrogens is 891 g/mol. The predicted octanol–water partition coefficient (Wildman–Crippen LogP) is 17.5. The molecule has 70 heavy (non-hydrogen) atoms. The van der Waals surface area contributed by atoms with E-state index in [1.807, 2.05) is 59.1 Å². The highest BCUT2D eigenvalue weighted by Crippen LogP contribution is 2.42. The van der Waals surface area contributed by atoms with Crippen LogP contribution >= 0.6 is 22.7 Å². The number of benzene rings is 10. The number of hydrogen-bond donors (Lipinski definition) is 0. The zero-order valence-corrected chi connectivity index (χ0v) is 39.0. The molecule has 0 aliphatic rings. The number of rotatable bonds is 6.